The Morgan fingerprint density at radius 3 is 2.76 bits per heavy atom. The molecule has 4 nitrogen and oxygen atoms in total. The molecule has 1 aliphatic carbocycles. The number of hydrogen-bond donors (Lipinski definition) is 2. The van der Waals surface area contributed by atoms with Crippen LogP contribution in [0.5, 0.6) is 5.75 Å². The van der Waals surface area contributed by atoms with E-state index >= 15 is 0 Å². The molecule has 0 spiro atoms. The standard InChI is InChI=1S/C17H27N3O/c1-5-18-17(20-15-8-9-15)19-11-14-7-6-13(4)10-16(14)21-12(2)3/h6-7,10,12,15H,5,8-9,11H2,1-4H3,(H2,18,19,20). The predicted octanol–water partition coefficient (Wildman–Crippen LogP) is 3.00. The maximum absolute atomic E-state index is 5.90. The molecule has 0 heterocycles. The number of aryl methyl sites for hydroxylation is 1. The van der Waals surface area contributed by atoms with Gasteiger partial charge in [0.05, 0.1) is 12.6 Å². The maximum atomic E-state index is 5.90. The number of nitrogens with zero attached hydrogens (tertiary/aromatic N) is 1. The minimum atomic E-state index is 0.173. The van der Waals surface area contributed by atoms with E-state index in [9.17, 15) is 0 Å². The summed E-state index contributed by atoms with van der Waals surface area (Å²) in [4.78, 5) is 4.68. The van der Waals surface area contributed by atoms with Crippen LogP contribution in [0.2, 0.25) is 0 Å². The molecule has 0 amide bonds. The first-order valence-corrected chi connectivity index (χ1v) is 7.89. The second-order valence-corrected chi connectivity index (χ2v) is 5.89. The summed E-state index contributed by atoms with van der Waals surface area (Å²) in [6.07, 6.45) is 2.67. The number of hydrogen-bond acceptors (Lipinski definition) is 2. The normalized spacial score (nSPS) is 15.2. The maximum Gasteiger partial charge on any atom is 0.191 e. The summed E-state index contributed by atoms with van der Waals surface area (Å²) in [6.45, 7) is 9.77. The number of benzene rings is 1. The van der Waals surface area contributed by atoms with Gasteiger partial charge in [-0.25, -0.2) is 4.99 Å². The van der Waals surface area contributed by atoms with E-state index in [-0.39, 0.29) is 6.10 Å². The van der Waals surface area contributed by atoms with Crippen LogP contribution >= 0.6 is 0 Å². The second kappa shape index (κ2) is 7.34. The van der Waals surface area contributed by atoms with Crippen molar-refractivity contribution in [1.82, 2.24) is 10.6 Å². The molecular formula is C17H27N3O. The molecule has 116 valence electrons. The fourth-order valence-corrected chi connectivity index (χ4v) is 2.06. The van der Waals surface area contributed by atoms with Gasteiger partial charge in [0.25, 0.3) is 0 Å². The van der Waals surface area contributed by atoms with Gasteiger partial charge in [0.2, 0.25) is 0 Å². The van der Waals surface area contributed by atoms with Crippen LogP contribution in [-0.2, 0) is 6.54 Å². The zero-order valence-corrected chi connectivity index (χ0v) is 13.6. The monoisotopic (exact) mass is 289 g/mol. The summed E-state index contributed by atoms with van der Waals surface area (Å²) >= 11 is 0. The third-order valence-corrected chi connectivity index (χ3v) is 3.26. The van der Waals surface area contributed by atoms with Crippen LogP contribution in [0.4, 0.5) is 0 Å². The molecule has 0 aliphatic heterocycles. The van der Waals surface area contributed by atoms with Crippen molar-refractivity contribution >= 4 is 5.96 Å². The SMILES string of the molecule is CCNC(=NCc1ccc(C)cc1OC(C)C)NC1CC1. The fourth-order valence-electron chi connectivity index (χ4n) is 2.06. The Balaban J connectivity index is 2.08. The lowest BCUT2D eigenvalue weighted by Gasteiger charge is -2.15. The van der Waals surface area contributed by atoms with Crippen molar-refractivity contribution in [3.05, 3.63) is 29.3 Å². The Morgan fingerprint density at radius 1 is 1.38 bits per heavy atom. The molecule has 1 saturated carbocycles. The van der Waals surface area contributed by atoms with E-state index in [4.69, 9.17) is 4.74 Å². The van der Waals surface area contributed by atoms with Crippen molar-refractivity contribution in [3.8, 4) is 5.75 Å². The smallest absolute Gasteiger partial charge is 0.191 e. The number of nitrogens with one attached hydrogen (secondary N) is 2. The number of aliphatic imine (C=N–C) groups is 1. The van der Waals surface area contributed by atoms with Crippen LogP contribution < -0.4 is 15.4 Å². The molecule has 2 rings (SSSR count). The Bertz CT molecular complexity index is 493. The van der Waals surface area contributed by atoms with E-state index in [2.05, 4.69) is 47.7 Å². The first kappa shape index (κ1) is 15.7. The van der Waals surface area contributed by atoms with E-state index in [1.165, 1.54) is 18.4 Å². The number of ether oxygens (including phenoxy) is 1. The van der Waals surface area contributed by atoms with Crippen molar-refractivity contribution in [2.75, 3.05) is 6.54 Å². The summed E-state index contributed by atoms with van der Waals surface area (Å²) in [7, 11) is 0. The Kier molecular flexibility index (Phi) is 5.48. The number of rotatable bonds is 6. The van der Waals surface area contributed by atoms with Crippen LogP contribution in [0.1, 0.15) is 44.7 Å². The third kappa shape index (κ3) is 5.29. The van der Waals surface area contributed by atoms with Gasteiger partial charge in [0, 0.05) is 18.2 Å². The molecule has 0 unspecified atom stereocenters. The molecule has 1 aromatic carbocycles. The van der Waals surface area contributed by atoms with Gasteiger partial charge in [-0.1, -0.05) is 12.1 Å². The topological polar surface area (TPSA) is 45.7 Å². The highest BCUT2D eigenvalue weighted by Crippen LogP contribution is 2.23. The van der Waals surface area contributed by atoms with Gasteiger partial charge >= 0.3 is 0 Å². The Hall–Kier alpha value is -1.71. The summed E-state index contributed by atoms with van der Waals surface area (Å²) in [6, 6.07) is 6.91. The minimum Gasteiger partial charge on any atom is -0.491 e. The molecule has 1 aliphatic rings. The van der Waals surface area contributed by atoms with E-state index in [1.807, 2.05) is 13.8 Å². The van der Waals surface area contributed by atoms with Gasteiger partial charge < -0.3 is 15.4 Å². The number of guanidine groups is 1. The van der Waals surface area contributed by atoms with E-state index < -0.39 is 0 Å². The van der Waals surface area contributed by atoms with Crippen LogP contribution in [0.15, 0.2) is 23.2 Å². The lowest BCUT2D eigenvalue weighted by Crippen LogP contribution is -2.38. The predicted molar refractivity (Wildman–Crippen MR) is 87.9 cm³/mol. The van der Waals surface area contributed by atoms with Crippen LogP contribution in [-0.4, -0.2) is 24.7 Å². The van der Waals surface area contributed by atoms with Gasteiger partial charge in [0.1, 0.15) is 5.75 Å². The molecule has 4 heteroatoms. The summed E-state index contributed by atoms with van der Waals surface area (Å²) < 4.78 is 5.90. The molecule has 1 aromatic rings. The molecule has 0 saturated heterocycles. The third-order valence-electron chi connectivity index (χ3n) is 3.26. The molecule has 0 atom stereocenters. The average molecular weight is 289 g/mol. The molecular weight excluding hydrogens is 262 g/mol. The van der Waals surface area contributed by atoms with E-state index in [0.717, 1.165) is 23.8 Å². The average Bonchev–Trinajstić information content (AvgIpc) is 3.21. The molecule has 0 bridgehead atoms. The van der Waals surface area contributed by atoms with Gasteiger partial charge in [-0.2, -0.15) is 0 Å². The first-order chi connectivity index (χ1) is 10.1. The van der Waals surface area contributed by atoms with Crippen molar-refractivity contribution in [3.63, 3.8) is 0 Å². The molecule has 2 N–H and O–H groups in total. The molecule has 0 radical (unpaired) electrons. The summed E-state index contributed by atoms with van der Waals surface area (Å²) in [5.41, 5.74) is 2.34. The van der Waals surface area contributed by atoms with Crippen molar-refractivity contribution in [1.29, 1.82) is 0 Å². The lowest BCUT2D eigenvalue weighted by atomic mass is 10.1. The highest BCUT2D eigenvalue weighted by Gasteiger charge is 2.22. The van der Waals surface area contributed by atoms with Gasteiger partial charge in [0.15, 0.2) is 5.96 Å². The van der Waals surface area contributed by atoms with Crippen molar-refractivity contribution in [2.45, 2.75) is 59.2 Å². The second-order valence-electron chi connectivity index (χ2n) is 5.89. The largest absolute Gasteiger partial charge is 0.491 e. The van der Waals surface area contributed by atoms with Gasteiger partial charge in [-0.3, -0.25) is 0 Å². The zero-order valence-electron chi connectivity index (χ0n) is 13.6. The Morgan fingerprint density at radius 2 is 2.14 bits per heavy atom. The first-order valence-electron chi connectivity index (χ1n) is 7.89. The van der Waals surface area contributed by atoms with Crippen LogP contribution in [0.25, 0.3) is 0 Å². The highest BCUT2D eigenvalue weighted by atomic mass is 16.5. The van der Waals surface area contributed by atoms with Gasteiger partial charge in [-0.05, 0) is 52.2 Å². The quantitative estimate of drug-likeness (QED) is 0.625. The van der Waals surface area contributed by atoms with E-state index in [0.29, 0.717) is 12.6 Å². The van der Waals surface area contributed by atoms with Gasteiger partial charge in [-0.15, -0.1) is 0 Å². The summed E-state index contributed by atoms with van der Waals surface area (Å²) in [5, 5.41) is 6.73. The van der Waals surface area contributed by atoms with E-state index in [1.54, 1.807) is 0 Å². The minimum absolute atomic E-state index is 0.173. The zero-order chi connectivity index (χ0) is 15.2. The lowest BCUT2D eigenvalue weighted by molar-refractivity contribution is 0.240. The van der Waals surface area contributed by atoms with Crippen molar-refractivity contribution < 1.29 is 4.74 Å². The Labute approximate surface area is 128 Å². The highest BCUT2D eigenvalue weighted by molar-refractivity contribution is 5.80. The van der Waals surface area contributed by atoms with Crippen LogP contribution in [0, 0.1) is 6.92 Å². The fraction of sp³-hybridized carbons (Fsp3) is 0.588. The molecule has 21 heavy (non-hydrogen) atoms. The molecule has 1 fully saturated rings. The van der Waals surface area contributed by atoms with Crippen LogP contribution in [0.3, 0.4) is 0 Å². The van der Waals surface area contributed by atoms with Crippen molar-refractivity contribution in [2.24, 2.45) is 4.99 Å². The molecule has 0 aromatic heterocycles. The summed E-state index contributed by atoms with van der Waals surface area (Å²) in [5.74, 6) is 1.84.